The molecule has 1 fully saturated rings. The van der Waals surface area contributed by atoms with Gasteiger partial charge in [0.2, 0.25) is 0 Å². The molecule has 3 heterocycles. The molecule has 0 saturated carbocycles. The van der Waals surface area contributed by atoms with Crippen LogP contribution in [0, 0.1) is 0 Å². The van der Waals surface area contributed by atoms with Crippen LogP contribution in [0.3, 0.4) is 0 Å². The topological polar surface area (TPSA) is 92.5 Å². The van der Waals surface area contributed by atoms with Crippen molar-refractivity contribution < 1.29 is 14.6 Å². The van der Waals surface area contributed by atoms with E-state index in [1.54, 1.807) is 11.2 Å². The molecule has 8 nitrogen and oxygen atoms in total. The molecule has 2 aromatic heterocycles. The van der Waals surface area contributed by atoms with Crippen LogP contribution < -0.4 is 5.32 Å². The highest BCUT2D eigenvalue weighted by Crippen LogP contribution is 2.43. The van der Waals surface area contributed by atoms with E-state index in [0.29, 0.717) is 18.8 Å². The first-order valence-electron chi connectivity index (χ1n) is 14.7. The fourth-order valence-electron chi connectivity index (χ4n) is 6.14. The quantitative estimate of drug-likeness (QED) is 0.239. The molecule has 1 aliphatic heterocycles. The molecule has 0 aliphatic carbocycles. The minimum atomic E-state index is -0.717. The molecule has 5 aromatic rings. The van der Waals surface area contributed by atoms with E-state index in [2.05, 4.69) is 93.9 Å². The van der Waals surface area contributed by atoms with Crippen LogP contribution in [0.2, 0.25) is 0 Å². The van der Waals surface area contributed by atoms with Crippen molar-refractivity contribution in [1.82, 2.24) is 19.4 Å². The number of rotatable bonds is 6. The first-order chi connectivity index (χ1) is 20.8. The zero-order chi connectivity index (χ0) is 30.0. The van der Waals surface area contributed by atoms with Gasteiger partial charge in [-0.25, -0.2) is 14.8 Å². The van der Waals surface area contributed by atoms with Crippen molar-refractivity contribution in [3.05, 3.63) is 126 Å². The normalized spacial score (nSPS) is 17.5. The van der Waals surface area contributed by atoms with Crippen molar-refractivity contribution >= 4 is 22.9 Å². The molecule has 8 heteroatoms. The molecule has 1 amide bonds. The maximum Gasteiger partial charge on any atom is 0.410 e. The average Bonchev–Trinajstić information content (AvgIpc) is 3.44. The van der Waals surface area contributed by atoms with E-state index >= 15 is 0 Å². The van der Waals surface area contributed by atoms with Gasteiger partial charge in [0.25, 0.3) is 0 Å². The molecule has 2 unspecified atom stereocenters. The zero-order valence-corrected chi connectivity index (χ0v) is 24.7. The SMILES string of the molecule is CC(C)(C)OC(=O)N1CC(O)CC(Nc2ncnc3c2ccn3C(c2ccccc2)(c2ccccc2)c2ccccc2)C1. The third kappa shape index (κ3) is 5.58. The second kappa shape index (κ2) is 11.5. The van der Waals surface area contributed by atoms with Gasteiger partial charge in [-0.3, -0.25) is 0 Å². The van der Waals surface area contributed by atoms with Gasteiger partial charge in [0.05, 0.1) is 18.0 Å². The molecular weight excluding hydrogens is 538 g/mol. The number of hydrogen-bond donors (Lipinski definition) is 2. The largest absolute Gasteiger partial charge is 0.444 e. The maximum atomic E-state index is 12.8. The molecule has 43 heavy (non-hydrogen) atoms. The standard InChI is InChI=1S/C35H37N5O3/c1-34(2,3)43-33(42)39-22-28(21-29(41)23-39)38-31-30-19-20-40(32(30)37-24-36-31)35(25-13-7-4-8-14-25,26-15-9-5-10-16-26)27-17-11-6-12-18-27/h4-20,24,28-29,41H,21-23H2,1-3H3,(H,36,37,38). The van der Waals surface area contributed by atoms with Crippen molar-refractivity contribution in [2.24, 2.45) is 0 Å². The van der Waals surface area contributed by atoms with Gasteiger partial charge < -0.3 is 24.6 Å². The molecule has 0 bridgehead atoms. The van der Waals surface area contributed by atoms with E-state index in [9.17, 15) is 9.90 Å². The van der Waals surface area contributed by atoms with Crippen LogP contribution in [0.1, 0.15) is 43.9 Å². The Kier molecular flexibility index (Phi) is 7.62. The minimum absolute atomic E-state index is 0.222. The third-order valence-corrected chi connectivity index (χ3v) is 7.84. The molecule has 0 radical (unpaired) electrons. The number of ether oxygens (including phenoxy) is 1. The van der Waals surface area contributed by atoms with Gasteiger partial charge in [-0.15, -0.1) is 0 Å². The zero-order valence-electron chi connectivity index (χ0n) is 24.7. The summed E-state index contributed by atoms with van der Waals surface area (Å²) in [5, 5.41) is 15.0. The van der Waals surface area contributed by atoms with Crippen LogP contribution in [0.5, 0.6) is 0 Å². The number of aliphatic hydroxyl groups excluding tert-OH is 1. The van der Waals surface area contributed by atoms with Crippen LogP contribution in [-0.4, -0.2) is 61.5 Å². The predicted molar refractivity (Wildman–Crippen MR) is 168 cm³/mol. The third-order valence-electron chi connectivity index (χ3n) is 7.84. The van der Waals surface area contributed by atoms with Crippen LogP contribution >= 0.6 is 0 Å². The lowest BCUT2D eigenvalue weighted by molar-refractivity contribution is 0.00179. The summed E-state index contributed by atoms with van der Waals surface area (Å²) >= 11 is 0. The van der Waals surface area contributed by atoms with Crippen molar-refractivity contribution in [2.45, 2.75) is 50.5 Å². The second-order valence-electron chi connectivity index (χ2n) is 12.1. The molecule has 2 N–H and O–H groups in total. The Balaban J connectivity index is 1.44. The number of nitrogens with zero attached hydrogens (tertiary/aromatic N) is 4. The highest BCUT2D eigenvalue weighted by atomic mass is 16.6. The summed E-state index contributed by atoms with van der Waals surface area (Å²) in [6.07, 6.45) is 3.00. The van der Waals surface area contributed by atoms with Gasteiger partial charge in [-0.1, -0.05) is 91.0 Å². The fourth-order valence-corrected chi connectivity index (χ4v) is 6.14. The fraction of sp³-hybridized carbons (Fsp3) is 0.286. The summed E-state index contributed by atoms with van der Waals surface area (Å²) in [6, 6.07) is 33.2. The Morgan fingerprint density at radius 3 is 1.93 bits per heavy atom. The van der Waals surface area contributed by atoms with Crippen LogP contribution in [0.25, 0.3) is 11.0 Å². The number of likely N-dealkylation sites (tertiary alicyclic amines) is 1. The number of nitrogens with one attached hydrogen (secondary N) is 1. The molecule has 0 spiro atoms. The lowest BCUT2D eigenvalue weighted by atomic mass is 9.76. The van der Waals surface area contributed by atoms with E-state index in [-0.39, 0.29) is 12.6 Å². The van der Waals surface area contributed by atoms with Crippen molar-refractivity contribution in [3.8, 4) is 0 Å². The highest BCUT2D eigenvalue weighted by Gasteiger charge is 2.40. The number of anilines is 1. The van der Waals surface area contributed by atoms with Crippen LogP contribution in [0.4, 0.5) is 10.6 Å². The van der Waals surface area contributed by atoms with Crippen LogP contribution in [0.15, 0.2) is 110 Å². The first-order valence-corrected chi connectivity index (χ1v) is 14.7. The Morgan fingerprint density at radius 1 is 0.837 bits per heavy atom. The number of carbonyl (C=O) groups is 1. The average molecular weight is 576 g/mol. The number of aromatic nitrogens is 3. The van der Waals surface area contributed by atoms with Crippen LogP contribution in [-0.2, 0) is 10.3 Å². The molecule has 6 rings (SSSR count). The van der Waals surface area contributed by atoms with E-state index in [4.69, 9.17) is 9.72 Å². The van der Waals surface area contributed by atoms with Gasteiger partial charge in [-0.05, 0) is 49.9 Å². The molecule has 2 atom stereocenters. The highest BCUT2D eigenvalue weighted by molar-refractivity contribution is 5.88. The summed E-state index contributed by atoms with van der Waals surface area (Å²) in [4.78, 5) is 23.8. The Morgan fingerprint density at radius 2 is 1.40 bits per heavy atom. The lowest BCUT2D eigenvalue weighted by Crippen LogP contribution is -2.52. The smallest absolute Gasteiger partial charge is 0.410 e. The van der Waals surface area contributed by atoms with Crippen molar-refractivity contribution in [1.29, 1.82) is 0 Å². The van der Waals surface area contributed by atoms with E-state index < -0.39 is 23.3 Å². The summed E-state index contributed by atoms with van der Waals surface area (Å²) in [7, 11) is 0. The van der Waals surface area contributed by atoms with Crippen molar-refractivity contribution in [3.63, 3.8) is 0 Å². The Labute approximate surface area is 252 Å². The maximum absolute atomic E-state index is 12.8. The second-order valence-corrected chi connectivity index (χ2v) is 12.1. The van der Waals surface area contributed by atoms with Gasteiger partial charge in [0.1, 0.15) is 28.9 Å². The summed E-state index contributed by atoms with van der Waals surface area (Å²) < 4.78 is 7.80. The van der Waals surface area contributed by atoms with Crippen molar-refractivity contribution in [2.75, 3.05) is 18.4 Å². The number of aliphatic hydroxyl groups is 1. The number of hydrogen-bond acceptors (Lipinski definition) is 6. The predicted octanol–water partition coefficient (Wildman–Crippen LogP) is 6.05. The first kappa shape index (κ1) is 28.4. The Hall–Kier alpha value is -4.69. The number of β-amino-alcohol motifs (C(OH)–C–C–N with tert-alkyl or cyclic N) is 1. The van der Waals surface area contributed by atoms with E-state index in [0.717, 1.165) is 27.7 Å². The summed E-state index contributed by atoms with van der Waals surface area (Å²) in [5.41, 5.74) is 2.72. The Bertz CT molecular complexity index is 1590. The summed E-state index contributed by atoms with van der Waals surface area (Å²) in [6.45, 7) is 6.13. The molecule has 220 valence electrons. The monoisotopic (exact) mass is 575 g/mol. The molecule has 1 aliphatic rings. The minimum Gasteiger partial charge on any atom is -0.444 e. The lowest BCUT2D eigenvalue weighted by Gasteiger charge is -2.38. The van der Waals surface area contributed by atoms with Gasteiger partial charge in [0.15, 0.2) is 0 Å². The molecule has 1 saturated heterocycles. The number of carbonyl (C=O) groups excluding carboxylic acids is 1. The van der Waals surface area contributed by atoms with E-state index in [1.807, 2.05) is 45.0 Å². The number of piperidine rings is 1. The van der Waals surface area contributed by atoms with E-state index in [1.165, 1.54) is 0 Å². The number of amides is 1. The number of benzene rings is 3. The number of fused-ring (bicyclic) bond motifs is 1. The van der Waals surface area contributed by atoms with Gasteiger partial charge >= 0.3 is 6.09 Å². The van der Waals surface area contributed by atoms with Gasteiger partial charge in [-0.2, -0.15) is 0 Å². The molecule has 3 aromatic carbocycles. The van der Waals surface area contributed by atoms with Gasteiger partial charge in [0, 0.05) is 18.8 Å². The summed E-state index contributed by atoms with van der Waals surface area (Å²) in [5.74, 6) is 0.648. The molecular formula is C35H37N5O3.